The quantitative estimate of drug-likeness (QED) is 0.335. The van der Waals surface area contributed by atoms with Crippen molar-refractivity contribution in [2.24, 2.45) is 17.3 Å². The van der Waals surface area contributed by atoms with E-state index in [0.29, 0.717) is 13.0 Å². The van der Waals surface area contributed by atoms with Crippen molar-refractivity contribution in [3.05, 3.63) is 36.5 Å². The topological polar surface area (TPSA) is 75.6 Å². The SMILES string of the molecule is CCCCC(C)(C)[C@H](O)/C=C/[C@H]1C=CC(=O)[C@@H]1C/C=C\CCCCOC(=O)NC. The van der Waals surface area contributed by atoms with Gasteiger partial charge in [0, 0.05) is 18.9 Å². The molecule has 1 aliphatic carbocycles. The molecule has 0 aromatic carbocycles. The summed E-state index contributed by atoms with van der Waals surface area (Å²) in [6.07, 6.45) is 17.3. The molecule has 0 saturated heterocycles. The van der Waals surface area contributed by atoms with E-state index < -0.39 is 12.2 Å². The minimum Gasteiger partial charge on any atom is -0.450 e. The van der Waals surface area contributed by atoms with Gasteiger partial charge in [0.1, 0.15) is 0 Å². The lowest BCUT2D eigenvalue weighted by molar-refractivity contribution is -0.117. The Bertz CT molecular complexity index is 592. The first kappa shape index (κ1) is 25.2. The van der Waals surface area contributed by atoms with Crippen LogP contribution < -0.4 is 5.32 Å². The Kier molecular flexibility index (Phi) is 11.6. The Morgan fingerprint density at radius 2 is 2.07 bits per heavy atom. The van der Waals surface area contributed by atoms with Crippen molar-refractivity contribution < 1.29 is 19.4 Å². The van der Waals surface area contributed by atoms with Crippen LogP contribution in [0.3, 0.4) is 0 Å². The number of carbonyl (C=O) groups excluding carboxylic acids is 2. The van der Waals surface area contributed by atoms with Gasteiger partial charge in [0.05, 0.1) is 12.7 Å². The molecule has 5 heteroatoms. The third kappa shape index (κ3) is 9.44. The largest absolute Gasteiger partial charge is 0.450 e. The predicted molar refractivity (Wildman–Crippen MR) is 118 cm³/mol. The average Bonchev–Trinajstić information content (AvgIpc) is 3.05. The summed E-state index contributed by atoms with van der Waals surface area (Å²) in [5.41, 5.74) is -0.157. The van der Waals surface area contributed by atoms with Gasteiger partial charge in [0.25, 0.3) is 0 Å². The Labute approximate surface area is 176 Å². The number of hydrogen-bond donors (Lipinski definition) is 2. The van der Waals surface area contributed by atoms with Crippen molar-refractivity contribution in [1.82, 2.24) is 5.32 Å². The zero-order valence-corrected chi connectivity index (χ0v) is 18.5. The number of unbranched alkanes of at least 4 members (excludes halogenated alkanes) is 3. The van der Waals surface area contributed by atoms with Gasteiger partial charge >= 0.3 is 6.09 Å². The number of aliphatic hydroxyl groups excluding tert-OH is 1. The minimum atomic E-state index is -0.508. The molecule has 0 aromatic heterocycles. The molecule has 0 radical (unpaired) electrons. The van der Waals surface area contributed by atoms with Gasteiger partial charge in [-0.15, -0.1) is 0 Å². The van der Waals surface area contributed by atoms with Gasteiger partial charge in [-0.2, -0.15) is 0 Å². The van der Waals surface area contributed by atoms with Crippen LogP contribution in [0.1, 0.15) is 65.7 Å². The maximum atomic E-state index is 12.2. The normalized spacial score (nSPS) is 20.7. The number of ether oxygens (including phenoxy) is 1. The van der Waals surface area contributed by atoms with Gasteiger partial charge < -0.3 is 15.2 Å². The Hall–Kier alpha value is -1.88. The first-order valence-corrected chi connectivity index (χ1v) is 10.9. The molecule has 0 spiro atoms. The maximum absolute atomic E-state index is 12.2. The standard InChI is InChI=1S/C24H39NO4/c1-5-6-17-24(2,3)22(27)16-14-19-13-15-21(26)20(19)12-10-8-7-9-11-18-29-23(28)25-4/h8,10,13-16,19-20,22,27H,5-7,9,11-12,17-18H2,1-4H3,(H,25,28)/b10-8-,16-14+/t19-,20-,22-/m1/s1. The van der Waals surface area contributed by atoms with Crippen LogP contribution in [0.15, 0.2) is 36.5 Å². The highest BCUT2D eigenvalue weighted by Crippen LogP contribution is 2.31. The van der Waals surface area contributed by atoms with Crippen molar-refractivity contribution in [2.75, 3.05) is 13.7 Å². The summed E-state index contributed by atoms with van der Waals surface area (Å²) in [7, 11) is 1.54. The summed E-state index contributed by atoms with van der Waals surface area (Å²) in [6.45, 7) is 6.76. The highest BCUT2D eigenvalue weighted by molar-refractivity contribution is 5.95. The second kappa shape index (κ2) is 13.4. The summed E-state index contributed by atoms with van der Waals surface area (Å²) in [5, 5.41) is 13.0. The molecule has 2 N–H and O–H groups in total. The van der Waals surface area contributed by atoms with Crippen LogP contribution in [0.5, 0.6) is 0 Å². The van der Waals surface area contributed by atoms with Gasteiger partial charge in [0.15, 0.2) is 5.78 Å². The summed E-state index contributed by atoms with van der Waals surface area (Å²) >= 11 is 0. The van der Waals surface area contributed by atoms with Crippen LogP contribution in [0, 0.1) is 17.3 Å². The Balaban J connectivity index is 2.41. The fourth-order valence-corrected chi connectivity index (χ4v) is 3.36. The van der Waals surface area contributed by atoms with E-state index in [4.69, 9.17) is 4.74 Å². The van der Waals surface area contributed by atoms with E-state index in [1.165, 1.54) is 0 Å². The molecule has 5 nitrogen and oxygen atoms in total. The maximum Gasteiger partial charge on any atom is 0.406 e. The molecule has 3 atom stereocenters. The predicted octanol–water partition coefficient (Wildman–Crippen LogP) is 4.96. The average molecular weight is 406 g/mol. The van der Waals surface area contributed by atoms with Crippen molar-refractivity contribution in [3.63, 3.8) is 0 Å². The van der Waals surface area contributed by atoms with Gasteiger partial charge in [-0.05, 0) is 43.6 Å². The van der Waals surface area contributed by atoms with Gasteiger partial charge in [-0.25, -0.2) is 4.79 Å². The van der Waals surface area contributed by atoms with E-state index >= 15 is 0 Å². The van der Waals surface area contributed by atoms with Crippen molar-refractivity contribution in [1.29, 1.82) is 0 Å². The number of aliphatic hydroxyl groups is 1. The number of ketones is 1. The van der Waals surface area contributed by atoms with E-state index in [1.54, 1.807) is 13.1 Å². The van der Waals surface area contributed by atoms with E-state index in [1.807, 2.05) is 18.2 Å². The third-order valence-corrected chi connectivity index (χ3v) is 5.56. The Morgan fingerprint density at radius 1 is 1.31 bits per heavy atom. The Morgan fingerprint density at radius 3 is 2.76 bits per heavy atom. The van der Waals surface area contributed by atoms with E-state index in [-0.39, 0.29) is 23.0 Å². The lowest BCUT2D eigenvalue weighted by Crippen LogP contribution is -2.27. The molecule has 0 fully saturated rings. The van der Waals surface area contributed by atoms with Crippen LogP contribution in [0.2, 0.25) is 0 Å². The molecular weight excluding hydrogens is 366 g/mol. The number of rotatable bonds is 13. The minimum absolute atomic E-state index is 0.0460. The highest BCUT2D eigenvalue weighted by atomic mass is 16.5. The summed E-state index contributed by atoms with van der Waals surface area (Å²) in [6, 6.07) is 0. The highest BCUT2D eigenvalue weighted by Gasteiger charge is 2.29. The monoisotopic (exact) mass is 405 g/mol. The molecule has 1 aliphatic rings. The molecule has 0 saturated carbocycles. The summed E-state index contributed by atoms with van der Waals surface area (Å²) in [5.74, 6) is 0.123. The van der Waals surface area contributed by atoms with Crippen LogP contribution in [-0.2, 0) is 9.53 Å². The van der Waals surface area contributed by atoms with E-state index in [0.717, 1.165) is 38.5 Å². The fourth-order valence-electron chi connectivity index (χ4n) is 3.36. The van der Waals surface area contributed by atoms with Crippen molar-refractivity contribution in [3.8, 4) is 0 Å². The van der Waals surface area contributed by atoms with Crippen LogP contribution in [-0.4, -0.2) is 36.7 Å². The second-order valence-corrected chi connectivity index (χ2v) is 8.46. The van der Waals surface area contributed by atoms with Crippen molar-refractivity contribution >= 4 is 11.9 Å². The lowest BCUT2D eigenvalue weighted by Gasteiger charge is -2.28. The second-order valence-electron chi connectivity index (χ2n) is 8.46. The summed E-state index contributed by atoms with van der Waals surface area (Å²) in [4.78, 5) is 23.1. The zero-order valence-electron chi connectivity index (χ0n) is 18.5. The molecule has 0 aromatic rings. The van der Waals surface area contributed by atoms with Gasteiger partial charge in [-0.1, -0.05) is 64.0 Å². The number of nitrogens with one attached hydrogen (secondary N) is 1. The summed E-state index contributed by atoms with van der Waals surface area (Å²) < 4.78 is 4.94. The van der Waals surface area contributed by atoms with Crippen LogP contribution in [0.25, 0.3) is 0 Å². The number of carbonyl (C=O) groups is 2. The molecule has 1 rings (SSSR count). The van der Waals surface area contributed by atoms with Gasteiger partial charge in [-0.3, -0.25) is 4.79 Å². The molecule has 164 valence electrons. The third-order valence-electron chi connectivity index (χ3n) is 5.56. The first-order valence-electron chi connectivity index (χ1n) is 10.9. The van der Waals surface area contributed by atoms with E-state index in [9.17, 15) is 14.7 Å². The molecule has 1 amide bonds. The number of alkyl carbamates (subject to hydrolysis) is 1. The number of allylic oxidation sites excluding steroid dienone is 5. The van der Waals surface area contributed by atoms with E-state index in [2.05, 4.69) is 38.2 Å². The van der Waals surface area contributed by atoms with Crippen molar-refractivity contribution in [2.45, 2.75) is 71.8 Å². The van der Waals surface area contributed by atoms with Crippen LogP contribution in [0.4, 0.5) is 4.79 Å². The number of hydrogen-bond acceptors (Lipinski definition) is 4. The lowest BCUT2D eigenvalue weighted by atomic mass is 9.80. The van der Waals surface area contributed by atoms with Crippen LogP contribution >= 0.6 is 0 Å². The smallest absolute Gasteiger partial charge is 0.406 e. The fraction of sp³-hybridized carbons (Fsp3) is 0.667. The first-order chi connectivity index (χ1) is 13.8. The molecule has 0 bridgehead atoms. The van der Waals surface area contributed by atoms with Gasteiger partial charge in [0.2, 0.25) is 0 Å². The molecular formula is C24H39NO4. The number of amides is 1. The molecule has 0 heterocycles. The molecule has 0 aliphatic heterocycles. The zero-order chi connectivity index (χ0) is 21.7. The molecule has 29 heavy (non-hydrogen) atoms. The molecule has 0 unspecified atom stereocenters.